The average molecular weight is 280 g/mol. The lowest BCUT2D eigenvalue weighted by molar-refractivity contribution is 0.1000. The van der Waals surface area contributed by atoms with Gasteiger partial charge in [0.25, 0.3) is 0 Å². The Bertz CT molecular complexity index is 353. The Morgan fingerprint density at radius 1 is 1.29 bits per heavy atom. The molecule has 7 heteroatoms. The molecule has 1 aromatic rings. The molecule has 0 aliphatic carbocycles. The van der Waals surface area contributed by atoms with Crippen molar-refractivity contribution in [3.05, 3.63) is 23.9 Å². The molecule has 1 fully saturated rings. The molecule has 0 saturated carbocycles. The van der Waals surface area contributed by atoms with Crippen LogP contribution in [0.25, 0.3) is 0 Å². The zero-order chi connectivity index (χ0) is 10.7. The van der Waals surface area contributed by atoms with Crippen LogP contribution in [0.1, 0.15) is 10.4 Å². The van der Waals surface area contributed by atoms with Crippen molar-refractivity contribution in [2.45, 2.75) is 0 Å². The Hall–Kier alpha value is -1.04. The van der Waals surface area contributed by atoms with Gasteiger partial charge in [-0.05, 0) is 12.1 Å². The van der Waals surface area contributed by atoms with Crippen LogP contribution in [0.3, 0.4) is 0 Å². The number of carbonyl (C=O) groups is 1. The third-order valence-corrected chi connectivity index (χ3v) is 2.37. The highest BCUT2D eigenvalue weighted by atomic mass is 35.5. The first-order valence-corrected chi connectivity index (χ1v) is 4.86. The van der Waals surface area contributed by atoms with E-state index in [1.807, 2.05) is 6.07 Å². The fourth-order valence-electron chi connectivity index (χ4n) is 1.51. The summed E-state index contributed by atoms with van der Waals surface area (Å²) in [6.07, 6.45) is 1.51. The summed E-state index contributed by atoms with van der Waals surface area (Å²) in [4.78, 5) is 17.1. The summed E-state index contributed by atoms with van der Waals surface area (Å²) >= 11 is 0. The van der Waals surface area contributed by atoms with Gasteiger partial charge >= 0.3 is 0 Å². The lowest BCUT2D eigenvalue weighted by atomic mass is 10.2. The van der Waals surface area contributed by atoms with Crippen LogP contribution in [0.2, 0.25) is 0 Å². The number of anilines is 1. The molecule has 0 atom stereocenters. The van der Waals surface area contributed by atoms with Crippen LogP contribution in [0, 0.1) is 0 Å². The van der Waals surface area contributed by atoms with Gasteiger partial charge in [0.1, 0.15) is 5.82 Å². The number of aromatic nitrogens is 1. The molecule has 2 rings (SSSR count). The summed E-state index contributed by atoms with van der Waals surface area (Å²) in [5.41, 5.74) is 5.57. The molecule has 96 valence electrons. The number of rotatable bonds is 2. The van der Waals surface area contributed by atoms with Crippen molar-refractivity contribution in [1.29, 1.82) is 0 Å². The van der Waals surface area contributed by atoms with Crippen LogP contribution in [0.4, 0.5) is 5.82 Å². The minimum absolute atomic E-state index is 0. The number of nitrogens with zero attached hydrogens (tertiary/aromatic N) is 2. The molecule has 1 aromatic heterocycles. The van der Waals surface area contributed by atoms with Gasteiger partial charge in [-0.3, -0.25) is 4.79 Å². The van der Waals surface area contributed by atoms with Gasteiger partial charge in [-0.15, -0.1) is 24.8 Å². The molecule has 0 unspecified atom stereocenters. The molecular formula is C10H15Cl2N3O2. The van der Waals surface area contributed by atoms with Crippen LogP contribution in [-0.4, -0.2) is 37.2 Å². The van der Waals surface area contributed by atoms with Gasteiger partial charge in [0.05, 0.1) is 18.8 Å². The fraction of sp³-hybridized carbons (Fsp3) is 0.400. The summed E-state index contributed by atoms with van der Waals surface area (Å²) in [5.74, 6) is 0.416. The van der Waals surface area contributed by atoms with E-state index < -0.39 is 5.91 Å². The third-order valence-electron chi connectivity index (χ3n) is 2.37. The number of carbonyl (C=O) groups excluding carboxylic acids is 1. The van der Waals surface area contributed by atoms with Gasteiger partial charge in [-0.2, -0.15) is 0 Å². The van der Waals surface area contributed by atoms with Crippen LogP contribution in [0.5, 0.6) is 0 Å². The summed E-state index contributed by atoms with van der Waals surface area (Å²) in [6.45, 7) is 3.12. The Balaban J connectivity index is 0.00000128. The number of ether oxygens (including phenoxy) is 1. The molecule has 17 heavy (non-hydrogen) atoms. The van der Waals surface area contributed by atoms with Crippen molar-refractivity contribution >= 4 is 36.5 Å². The van der Waals surface area contributed by atoms with E-state index in [0.29, 0.717) is 5.56 Å². The van der Waals surface area contributed by atoms with Crippen LogP contribution in [-0.2, 0) is 4.74 Å². The topological polar surface area (TPSA) is 68.5 Å². The van der Waals surface area contributed by atoms with E-state index >= 15 is 0 Å². The number of primary amides is 1. The second-order valence-corrected chi connectivity index (χ2v) is 3.37. The zero-order valence-electron chi connectivity index (χ0n) is 9.17. The highest BCUT2D eigenvalue weighted by molar-refractivity contribution is 5.92. The number of hydrogen-bond donors (Lipinski definition) is 1. The summed E-state index contributed by atoms with van der Waals surface area (Å²) in [5, 5.41) is 0. The van der Waals surface area contributed by atoms with E-state index in [-0.39, 0.29) is 24.8 Å². The van der Waals surface area contributed by atoms with Crippen molar-refractivity contribution in [2.24, 2.45) is 5.73 Å². The maximum absolute atomic E-state index is 10.8. The molecule has 0 bridgehead atoms. The maximum Gasteiger partial charge on any atom is 0.250 e. The number of halogens is 2. The first-order valence-electron chi connectivity index (χ1n) is 4.86. The van der Waals surface area contributed by atoms with Crippen molar-refractivity contribution in [1.82, 2.24) is 4.98 Å². The van der Waals surface area contributed by atoms with Crippen molar-refractivity contribution in [3.63, 3.8) is 0 Å². The first kappa shape index (κ1) is 16.0. The molecule has 0 aromatic carbocycles. The Morgan fingerprint density at radius 2 is 1.94 bits per heavy atom. The minimum Gasteiger partial charge on any atom is -0.378 e. The standard InChI is InChI=1S/C10H13N3O2.2ClH/c11-10(14)8-1-2-9(12-7-8)13-3-5-15-6-4-13;;/h1-2,7H,3-6H2,(H2,11,14);2*1H. The fourth-order valence-corrected chi connectivity index (χ4v) is 1.51. The Labute approximate surface area is 112 Å². The van der Waals surface area contributed by atoms with E-state index in [2.05, 4.69) is 9.88 Å². The smallest absolute Gasteiger partial charge is 0.250 e. The van der Waals surface area contributed by atoms with Gasteiger partial charge in [0, 0.05) is 19.3 Å². The summed E-state index contributed by atoms with van der Waals surface area (Å²) < 4.78 is 5.24. The van der Waals surface area contributed by atoms with Crippen molar-refractivity contribution < 1.29 is 9.53 Å². The van der Waals surface area contributed by atoms with E-state index in [0.717, 1.165) is 32.1 Å². The monoisotopic (exact) mass is 279 g/mol. The molecule has 5 nitrogen and oxygen atoms in total. The summed E-state index contributed by atoms with van der Waals surface area (Å²) in [6, 6.07) is 3.51. The lowest BCUT2D eigenvalue weighted by Crippen LogP contribution is -2.36. The number of hydrogen-bond acceptors (Lipinski definition) is 4. The SMILES string of the molecule is Cl.Cl.NC(=O)c1ccc(N2CCOCC2)nc1. The van der Waals surface area contributed by atoms with Crippen LogP contribution >= 0.6 is 24.8 Å². The Morgan fingerprint density at radius 3 is 2.41 bits per heavy atom. The van der Waals surface area contributed by atoms with Gasteiger partial charge in [-0.25, -0.2) is 4.98 Å². The molecule has 1 amide bonds. The van der Waals surface area contributed by atoms with E-state index in [1.54, 1.807) is 6.07 Å². The Kier molecular flexibility index (Phi) is 6.87. The molecular weight excluding hydrogens is 265 g/mol. The molecule has 1 aliphatic heterocycles. The number of amides is 1. The highest BCUT2D eigenvalue weighted by Crippen LogP contribution is 2.12. The van der Waals surface area contributed by atoms with Crippen LogP contribution < -0.4 is 10.6 Å². The normalized spacial score (nSPS) is 14.5. The van der Waals surface area contributed by atoms with Gasteiger partial charge < -0.3 is 15.4 Å². The zero-order valence-corrected chi connectivity index (χ0v) is 10.8. The molecule has 2 N–H and O–H groups in total. The molecule has 0 spiro atoms. The van der Waals surface area contributed by atoms with Gasteiger partial charge in [-0.1, -0.05) is 0 Å². The second kappa shape index (κ2) is 7.32. The maximum atomic E-state index is 10.8. The van der Waals surface area contributed by atoms with E-state index in [1.165, 1.54) is 6.20 Å². The molecule has 1 saturated heterocycles. The van der Waals surface area contributed by atoms with E-state index in [4.69, 9.17) is 10.5 Å². The molecule has 2 heterocycles. The third kappa shape index (κ3) is 4.03. The second-order valence-electron chi connectivity index (χ2n) is 3.37. The first-order chi connectivity index (χ1) is 7.27. The minimum atomic E-state index is -0.448. The number of nitrogens with two attached hydrogens (primary N) is 1. The lowest BCUT2D eigenvalue weighted by Gasteiger charge is -2.27. The predicted molar refractivity (Wildman–Crippen MR) is 70.3 cm³/mol. The van der Waals surface area contributed by atoms with Crippen molar-refractivity contribution in [3.8, 4) is 0 Å². The quantitative estimate of drug-likeness (QED) is 0.872. The van der Waals surface area contributed by atoms with Crippen LogP contribution in [0.15, 0.2) is 18.3 Å². The molecule has 1 aliphatic rings. The predicted octanol–water partition coefficient (Wildman–Crippen LogP) is 0.861. The van der Waals surface area contributed by atoms with Gasteiger partial charge in [0.15, 0.2) is 0 Å². The van der Waals surface area contributed by atoms with Gasteiger partial charge in [0.2, 0.25) is 5.91 Å². The highest BCUT2D eigenvalue weighted by Gasteiger charge is 2.12. The number of morpholine rings is 1. The number of pyridine rings is 1. The van der Waals surface area contributed by atoms with Crippen molar-refractivity contribution in [2.75, 3.05) is 31.2 Å². The largest absolute Gasteiger partial charge is 0.378 e. The summed E-state index contributed by atoms with van der Waals surface area (Å²) in [7, 11) is 0. The molecule has 0 radical (unpaired) electrons. The van der Waals surface area contributed by atoms with E-state index in [9.17, 15) is 4.79 Å². The average Bonchev–Trinajstić information content (AvgIpc) is 2.30.